The number of carbonyl (C=O) groups is 2. The number of aryl methyl sites for hydroxylation is 1. The van der Waals surface area contributed by atoms with Crippen LogP contribution in [0.3, 0.4) is 0 Å². The number of nitrogens with one attached hydrogen (secondary N) is 1. The average molecular weight is 298 g/mol. The number of amides is 2. The molecule has 2 rings (SSSR count). The van der Waals surface area contributed by atoms with Crippen LogP contribution in [0.2, 0.25) is 0 Å². The van der Waals surface area contributed by atoms with Crippen molar-refractivity contribution >= 4 is 23.5 Å². The van der Waals surface area contributed by atoms with Gasteiger partial charge in [-0.15, -0.1) is 5.10 Å². The van der Waals surface area contributed by atoms with Gasteiger partial charge in [-0.25, -0.2) is 4.79 Å². The molecule has 2 amide bonds. The van der Waals surface area contributed by atoms with Crippen molar-refractivity contribution in [3.05, 3.63) is 10.6 Å². The number of carbonyl (C=O) groups excluding carboxylic acids is 2. The SMILES string of the molecule is CCOC(=O)N1CCC(NC(=O)c2snnc2C)CC1. The third-order valence-electron chi connectivity index (χ3n) is 3.21. The lowest BCUT2D eigenvalue weighted by Gasteiger charge is -2.31. The zero-order valence-corrected chi connectivity index (χ0v) is 12.4. The first-order chi connectivity index (χ1) is 9.61. The van der Waals surface area contributed by atoms with E-state index < -0.39 is 0 Å². The van der Waals surface area contributed by atoms with Gasteiger partial charge in [-0.2, -0.15) is 0 Å². The molecule has 1 aliphatic rings. The van der Waals surface area contributed by atoms with E-state index in [1.54, 1.807) is 18.7 Å². The quantitative estimate of drug-likeness (QED) is 0.906. The predicted molar refractivity (Wildman–Crippen MR) is 73.7 cm³/mol. The van der Waals surface area contributed by atoms with E-state index in [4.69, 9.17) is 4.74 Å². The number of aromatic nitrogens is 2. The molecule has 0 atom stereocenters. The van der Waals surface area contributed by atoms with E-state index in [-0.39, 0.29) is 18.0 Å². The third-order valence-corrected chi connectivity index (χ3v) is 4.04. The molecule has 1 fully saturated rings. The molecule has 110 valence electrons. The highest BCUT2D eigenvalue weighted by atomic mass is 32.1. The molecule has 0 unspecified atom stereocenters. The van der Waals surface area contributed by atoms with E-state index in [2.05, 4.69) is 14.9 Å². The summed E-state index contributed by atoms with van der Waals surface area (Å²) in [7, 11) is 0. The first kappa shape index (κ1) is 14.7. The Bertz CT molecular complexity index is 483. The van der Waals surface area contributed by atoms with Crippen LogP contribution < -0.4 is 5.32 Å². The molecule has 1 saturated heterocycles. The summed E-state index contributed by atoms with van der Waals surface area (Å²) < 4.78 is 8.71. The maximum atomic E-state index is 12.0. The summed E-state index contributed by atoms with van der Waals surface area (Å²) in [5, 5.41) is 6.79. The molecule has 8 heteroatoms. The van der Waals surface area contributed by atoms with E-state index in [1.165, 1.54) is 0 Å². The number of nitrogens with zero attached hydrogens (tertiary/aromatic N) is 3. The summed E-state index contributed by atoms with van der Waals surface area (Å²) in [5.74, 6) is -0.132. The molecule has 2 heterocycles. The van der Waals surface area contributed by atoms with Crippen molar-refractivity contribution in [3.8, 4) is 0 Å². The van der Waals surface area contributed by atoms with Crippen LogP contribution in [0, 0.1) is 6.92 Å². The average Bonchev–Trinajstić information content (AvgIpc) is 2.86. The van der Waals surface area contributed by atoms with E-state index in [9.17, 15) is 9.59 Å². The lowest BCUT2D eigenvalue weighted by atomic mass is 10.1. The lowest BCUT2D eigenvalue weighted by Crippen LogP contribution is -2.46. The Morgan fingerprint density at radius 1 is 1.45 bits per heavy atom. The van der Waals surface area contributed by atoms with E-state index in [1.807, 2.05) is 0 Å². The van der Waals surface area contributed by atoms with Crippen LogP contribution in [-0.4, -0.2) is 52.2 Å². The highest BCUT2D eigenvalue weighted by Crippen LogP contribution is 2.14. The van der Waals surface area contributed by atoms with Gasteiger partial charge >= 0.3 is 6.09 Å². The van der Waals surface area contributed by atoms with E-state index in [0.717, 1.165) is 24.4 Å². The number of hydrogen-bond donors (Lipinski definition) is 1. The van der Waals surface area contributed by atoms with Crippen LogP contribution in [0.25, 0.3) is 0 Å². The van der Waals surface area contributed by atoms with E-state index in [0.29, 0.717) is 30.3 Å². The van der Waals surface area contributed by atoms with E-state index >= 15 is 0 Å². The zero-order valence-electron chi connectivity index (χ0n) is 11.6. The van der Waals surface area contributed by atoms with Crippen LogP contribution >= 0.6 is 11.5 Å². The Morgan fingerprint density at radius 2 is 2.15 bits per heavy atom. The number of hydrogen-bond acceptors (Lipinski definition) is 6. The second-order valence-corrected chi connectivity index (χ2v) is 5.38. The first-order valence-corrected chi connectivity index (χ1v) is 7.40. The molecule has 0 saturated carbocycles. The molecule has 1 N–H and O–H groups in total. The molecule has 1 aromatic heterocycles. The Morgan fingerprint density at radius 3 is 2.70 bits per heavy atom. The molecule has 1 aliphatic heterocycles. The zero-order chi connectivity index (χ0) is 14.5. The second kappa shape index (κ2) is 6.65. The highest BCUT2D eigenvalue weighted by molar-refractivity contribution is 7.08. The van der Waals surface area contributed by atoms with Crippen molar-refractivity contribution in [1.29, 1.82) is 0 Å². The summed E-state index contributed by atoms with van der Waals surface area (Å²) in [4.78, 5) is 25.8. The van der Waals surface area contributed by atoms with Crippen molar-refractivity contribution in [2.45, 2.75) is 32.7 Å². The summed E-state index contributed by atoms with van der Waals surface area (Å²) in [6.07, 6.45) is 1.19. The summed E-state index contributed by atoms with van der Waals surface area (Å²) in [6, 6.07) is 0.0784. The van der Waals surface area contributed by atoms with Crippen molar-refractivity contribution in [1.82, 2.24) is 19.8 Å². The van der Waals surface area contributed by atoms with Gasteiger partial charge in [0.25, 0.3) is 5.91 Å². The largest absolute Gasteiger partial charge is 0.450 e. The molecule has 0 spiro atoms. The van der Waals surface area contributed by atoms with Gasteiger partial charge in [-0.3, -0.25) is 4.79 Å². The van der Waals surface area contributed by atoms with Gasteiger partial charge in [0.05, 0.1) is 12.3 Å². The normalized spacial score (nSPS) is 16.0. The summed E-state index contributed by atoms with van der Waals surface area (Å²) in [6.45, 7) is 5.14. The van der Waals surface area contributed by atoms with Gasteiger partial charge in [0, 0.05) is 19.1 Å². The molecule has 0 bridgehead atoms. The third kappa shape index (κ3) is 3.44. The molecule has 7 nitrogen and oxygen atoms in total. The number of ether oxygens (including phenoxy) is 1. The van der Waals surface area contributed by atoms with Crippen molar-refractivity contribution in [2.24, 2.45) is 0 Å². The van der Waals surface area contributed by atoms with Crippen molar-refractivity contribution < 1.29 is 14.3 Å². The minimum Gasteiger partial charge on any atom is -0.450 e. The van der Waals surface area contributed by atoms with Crippen molar-refractivity contribution in [3.63, 3.8) is 0 Å². The predicted octanol–water partition coefficient (Wildman–Crippen LogP) is 1.20. The standard InChI is InChI=1S/C12H18N4O3S/c1-3-19-12(18)16-6-4-9(5-7-16)13-11(17)10-8(2)14-15-20-10/h9H,3-7H2,1-2H3,(H,13,17). The molecular formula is C12H18N4O3S. The first-order valence-electron chi connectivity index (χ1n) is 6.63. The number of piperidine rings is 1. The minimum atomic E-state index is -0.278. The van der Waals surface area contributed by atoms with Crippen molar-refractivity contribution in [2.75, 3.05) is 19.7 Å². The van der Waals surface area contributed by atoms with Gasteiger partial charge in [-0.05, 0) is 38.2 Å². The van der Waals surface area contributed by atoms with Crippen LogP contribution in [0.5, 0.6) is 0 Å². The van der Waals surface area contributed by atoms with Gasteiger partial charge in [0.1, 0.15) is 4.88 Å². The van der Waals surface area contributed by atoms with Gasteiger partial charge in [0.15, 0.2) is 0 Å². The molecule has 0 aliphatic carbocycles. The fraction of sp³-hybridized carbons (Fsp3) is 0.667. The fourth-order valence-corrected chi connectivity index (χ4v) is 2.67. The maximum absolute atomic E-state index is 12.0. The maximum Gasteiger partial charge on any atom is 0.409 e. The van der Waals surface area contributed by atoms with Crippen LogP contribution in [0.1, 0.15) is 35.1 Å². The van der Waals surface area contributed by atoms with Gasteiger partial charge in [0.2, 0.25) is 0 Å². The van der Waals surface area contributed by atoms with Crippen LogP contribution in [-0.2, 0) is 4.74 Å². The molecule has 0 radical (unpaired) electrons. The van der Waals surface area contributed by atoms with Crippen LogP contribution in [0.4, 0.5) is 4.79 Å². The monoisotopic (exact) mass is 298 g/mol. The Balaban J connectivity index is 1.81. The minimum absolute atomic E-state index is 0.0784. The van der Waals surface area contributed by atoms with Crippen LogP contribution in [0.15, 0.2) is 0 Å². The van der Waals surface area contributed by atoms with Gasteiger partial charge < -0.3 is 15.0 Å². The van der Waals surface area contributed by atoms with Gasteiger partial charge in [-0.1, -0.05) is 4.49 Å². The summed E-state index contributed by atoms with van der Waals surface area (Å²) >= 11 is 1.10. The topological polar surface area (TPSA) is 84.4 Å². The molecular weight excluding hydrogens is 280 g/mol. The Hall–Kier alpha value is -1.70. The number of likely N-dealkylation sites (tertiary alicyclic amines) is 1. The Labute approximate surface area is 121 Å². The second-order valence-electron chi connectivity index (χ2n) is 4.62. The molecule has 20 heavy (non-hydrogen) atoms. The molecule has 0 aromatic carbocycles. The Kier molecular flexibility index (Phi) is 4.89. The lowest BCUT2D eigenvalue weighted by molar-refractivity contribution is 0.0862. The number of rotatable bonds is 3. The smallest absolute Gasteiger partial charge is 0.409 e. The fourth-order valence-electron chi connectivity index (χ4n) is 2.11. The highest BCUT2D eigenvalue weighted by Gasteiger charge is 2.25. The summed E-state index contributed by atoms with van der Waals surface area (Å²) in [5.41, 5.74) is 0.649. The molecule has 1 aromatic rings.